The molecule has 1 saturated heterocycles. The second kappa shape index (κ2) is 9.51. The standard InChI is InChI=1S/C23H33N5O2/c1-16-13-22(24-2)27-23(25-16)26-18-9-10-20(29-3)21(14-18)30-19-8-5-4-7-17(19)15-28-11-6-12-28/h9-10,13-14,17,19H,4-8,11-12,15H2,1-3H3,(H2,24,25,26,27)/t17-,19-/m0/s1. The molecule has 0 radical (unpaired) electrons. The van der Waals surface area contributed by atoms with Gasteiger partial charge in [0.2, 0.25) is 5.95 Å². The summed E-state index contributed by atoms with van der Waals surface area (Å²) in [5.74, 6) is 3.47. The lowest BCUT2D eigenvalue weighted by atomic mass is 9.85. The van der Waals surface area contributed by atoms with Crippen LogP contribution >= 0.6 is 0 Å². The zero-order valence-electron chi connectivity index (χ0n) is 18.3. The molecule has 2 fully saturated rings. The molecule has 7 nitrogen and oxygen atoms in total. The van der Waals surface area contributed by atoms with Crippen molar-refractivity contribution in [2.75, 3.05) is 44.4 Å². The van der Waals surface area contributed by atoms with Crippen molar-refractivity contribution in [1.29, 1.82) is 0 Å². The van der Waals surface area contributed by atoms with Gasteiger partial charge in [0.05, 0.1) is 7.11 Å². The van der Waals surface area contributed by atoms with Gasteiger partial charge < -0.3 is 25.0 Å². The van der Waals surface area contributed by atoms with Gasteiger partial charge in [-0.1, -0.05) is 6.42 Å². The lowest BCUT2D eigenvalue weighted by molar-refractivity contribution is 0.0464. The van der Waals surface area contributed by atoms with E-state index in [1.165, 1.54) is 38.8 Å². The lowest BCUT2D eigenvalue weighted by Crippen LogP contribution is -2.45. The van der Waals surface area contributed by atoms with Gasteiger partial charge in [-0.3, -0.25) is 0 Å². The Bertz CT molecular complexity index is 855. The Morgan fingerprint density at radius 1 is 1.07 bits per heavy atom. The Balaban J connectivity index is 1.51. The fraction of sp³-hybridized carbons (Fsp3) is 0.565. The first-order valence-electron chi connectivity index (χ1n) is 11.0. The number of anilines is 3. The fourth-order valence-corrected chi connectivity index (χ4v) is 4.32. The highest BCUT2D eigenvalue weighted by Crippen LogP contribution is 2.36. The van der Waals surface area contributed by atoms with E-state index in [9.17, 15) is 0 Å². The summed E-state index contributed by atoms with van der Waals surface area (Å²) in [6.45, 7) is 5.57. The predicted octanol–water partition coefficient (Wildman–Crippen LogP) is 4.22. The van der Waals surface area contributed by atoms with Gasteiger partial charge in [0.25, 0.3) is 0 Å². The summed E-state index contributed by atoms with van der Waals surface area (Å²) in [5.41, 5.74) is 1.78. The first kappa shape index (κ1) is 20.7. The van der Waals surface area contributed by atoms with Crippen molar-refractivity contribution >= 4 is 17.5 Å². The molecule has 0 amide bonds. The fourth-order valence-electron chi connectivity index (χ4n) is 4.32. The normalized spacial score (nSPS) is 21.6. The number of nitrogens with one attached hydrogen (secondary N) is 2. The van der Waals surface area contributed by atoms with Crippen LogP contribution in [-0.2, 0) is 0 Å². The van der Waals surface area contributed by atoms with Crippen molar-refractivity contribution in [3.63, 3.8) is 0 Å². The molecular formula is C23H33N5O2. The number of benzene rings is 1. The lowest BCUT2D eigenvalue weighted by Gasteiger charge is -2.39. The highest BCUT2D eigenvalue weighted by molar-refractivity contribution is 5.60. The van der Waals surface area contributed by atoms with Crippen LogP contribution in [0.5, 0.6) is 11.5 Å². The van der Waals surface area contributed by atoms with Crippen LogP contribution in [0.15, 0.2) is 24.3 Å². The molecule has 0 unspecified atom stereocenters. The Morgan fingerprint density at radius 2 is 1.90 bits per heavy atom. The molecule has 4 rings (SSSR count). The van der Waals surface area contributed by atoms with Crippen LogP contribution < -0.4 is 20.1 Å². The van der Waals surface area contributed by atoms with E-state index in [1.807, 2.05) is 38.2 Å². The van der Waals surface area contributed by atoms with E-state index in [0.717, 1.165) is 41.7 Å². The zero-order valence-corrected chi connectivity index (χ0v) is 18.3. The Morgan fingerprint density at radius 3 is 2.63 bits per heavy atom. The van der Waals surface area contributed by atoms with Gasteiger partial charge in [-0.2, -0.15) is 4.98 Å². The summed E-state index contributed by atoms with van der Waals surface area (Å²) < 4.78 is 12.2. The largest absolute Gasteiger partial charge is 0.493 e. The molecule has 1 saturated carbocycles. The molecule has 0 bridgehead atoms. The molecule has 30 heavy (non-hydrogen) atoms. The van der Waals surface area contributed by atoms with Crippen molar-refractivity contribution in [2.24, 2.45) is 5.92 Å². The molecule has 2 aliphatic rings. The van der Waals surface area contributed by atoms with E-state index in [0.29, 0.717) is 11.9 Å². The van der Waals surface area contributed by atoms with E-state index in [1.54, 1.807) is 7.11 Å². The topological polar surface area (TPSA) is 71.5 Å². The number of aromatic nitrogens is 2. The minimum atomic E-state index is 0.231. The van der Waals surface area contributed by atoms with Crippen LogP contribution in [0.1, 0.15) is 37.8 Å². The highest BCUT2D eigenvalue weighted by Gasteiger charge is 2.30. The highest BCUT2D eigenvalue weighted by atomic mass is 16.5. The van der Waals surface area contributed by atoms with E-state index in [4.69, 9.17) is 9.47 Å². The molecule has 1 aliphatic heterocycles. The van der Waals surface area contributed by atoms with Gasteiger partial charge in [0.1, 0.15) is 11.9 Å². The monoisotopic (exact) mass is 411 g/mol. The molecule has 1 aromatic heterocycles. The molecule has 2 aromatic rings. The number of ether oxygens (including phenoxy) is 2. The first-order chi connectivity index (χ1) is 14.6. The number of rotatable bonds is 8. The number of nitrogens with zero attached hydrogens (tertiary/aromatic N) is 3. The third-order valence-electron chi connectivity index (χ3n) is 6.09. The Labute approximate surface area is 179 Å². The van der Waals surface area contributed by atoms with E-state index < -0.39 is 0 Å². The van der Waals surface area contributed by atoms with Gasteiger partial charge in [0.15, 0.2) is 11.5 Å². The van der Waals surface area contributed by atoms with Crippen molar-refractivity contribution in [2.45, 2.75) is 45.1 Å². The van der Waals surface area contributed by atoms with Crippen LogP contribution in [0.25, 0.3) is 0 Å². The SMILES string of the molecule is CNc1cc(C)nc(Nc2ccc(OC)c(O[C@H]3CCCC[C@H]3CN3CCC3)c2)n1. The zero-order chi connectivity index (χ0) is 20.9. The maximum atomic E-state index is 6.56. The summed E-state index contributed by atoms with van der Waals surface area (Å²) in [6, 6.07) is 7.82. The number of aryl methyl sites for hydroxylation is 1. The van der Waals surface area contributed by atoms with Crippen LogP contribution in [0, 0.1) is 12.8 Å². The summed E-state index contributed by atoms with van der Waals surface area (Å²) in [5, 5.41) is 6.37. The van der Waals surface area contributed by atoms with E-state index in [2.05, 4.69) is 25.5 Å². The molecule has 2 heterocycles. The van der Waals surface area contributed by atoms with Gasteiger partial charge in [-0.15, -0.1) is 0 Å². The molecule has 2 atom stereocenters. The predicted molar refractivity (Wildman–Crippen MR) is 120 cm³/mol. The molecule has 162 valence electrons. The third-order valence-corrected chi connectivity index (χ3v) is 6.09. The van der Waals surface area contributed by atoms with E-state index >= 15 is 0 Å². The maximum Gasteiger partial charge on any atom is 0.229 e. The molecule has 7 heteroatoms. The quantitative estimate of drug-likeness (QED) is 0.674. The third kappa shape index (κ3) is 4.95. The second-order valence-corrected chi connectivity index (χ2v) is 8.31. The average Bonchev–Trinajstić information content (AvgIpc) is 2.71. The van der Waals surface area contributed by atoms with Crippen molar-refractivity contribution < 1.29 is 9.47 Å². The number of hydrogen-bond acceptors (Lipinski definition) is 7. The van der Waals surface area contributed by atoms with Gasteiger partial charge in [-0.05, 0) is 57.8 Å². The van der Waals surface area contributed by atoms with Crippen LogP contribution in [0.2, 0.25) is 0 Å². The summed E-state index contributed by atoms with van der Waals surface area (Å²) in [7, 11) is 3.54. The molecule has 1 aromatic carbocycles. The molecule has 1 aliphatic carbocycles. The second-order valence-electron chi connectivity index (χ2n) is 8.31. The molecule has 2 N–H and O–H groups in total. The van der Waals surface area contributed by atoms with Crippen LogP contribution in [-0.4, -0.2) is 54.8 Å². The summed E-state index contributed by atoms with van der Waals surface area (Å²) in [4.78, 5) is 11.5. The van der Waals surface area contributed by atoms with Gasteiger partial charge >= 0.3 is 0 Å². The number of likely N-dealkylation sites (tertiary alicyclic amines) is 1. The van der Waals surface area contributed by atoms with Crippen molar-refractivity contribution in [3.8, 4) is 11.5 Å². The summed E-state index contributed by atoms with van der Waals surface area (Å²) in [6.07, 6.45) is 6.43. The van der Waals surface area contributed by atoms with Crippen LogP contribution in [0.4, 0.5) is 17.5 Å². The number of hydrogen-bond donors (Lipinski definition) is 2. The first-order valence-corrected chi connectivity index (χ1v) is 11.0. The van der Waals surface area contributed by atoms with Gasteiger partial charge in [-0.25, -0.2) is 4.98 Å². The maximum absolute atomic E-state index is 6.56. The van der Waals surface area contributed by atoms with Gasteiger partial charge in [0, 0.05) is 43.0 Å². The minimum Gasteiger partial charge on any atom is -0.493 e. The molecule has 0 spiro atoms. The number of methoxy groups -OCH3 is 1. The average molecular weight is 412 g/mol. The minimum absolute atomic E-state index is 0.231. The van der Waals surface area contributed by atoms with Crippen molar-refractivity contribution in [3.05, 3.63) is 30.0 Å². The summed E-state index contributed by atoms with van der Waals surface area (Å²) >= 11 is 0. The van der Waals surface area contributed by atoms with E-state index in [-0.39, 0.29) is 6.10 Å². The van der Waals surface area contributed by atoms with Crippen molar-refractivity contribution in [1.82, 2.24) is 14.9 Å². The van der Waals surface area contributed by atoms with Crippen LogP contribution in [0.3, 0.4) is 0 Å². The molecular weight excluding hydrogens is 378 g/mol. The Kier molecular flexibility index (Phi) is 6.57. The Hall–Kier alpha value is -2.54. The smallest absolute Gasteiger partial charge is 0.229 e.